The molecule has 142 valence electrons. The number of halogens is 1. The largest absolute Gasteiger partial charge is 0.462 e. The highest BCUT2D eigenvalue weighted by molar-refractivity contribution is 9.09. The van der Waals surface area contributed by atoms with Gasteiger partial charge in [-0.05, 0) is 61.2 Å². The van der Waals surface area contributed by atoms with Gasteiger partial charge in [-0.1, -0.05) is 41.4 Å². The molecule has 0 radical (unpaired) electrons. The molecule has 0 aromatic rings. The SMILES string of the molecule is CC(=O)O[C@H]1CC[C@@]2(C)C(=C[C@@H](Br)[C@H]3[C@@H]4[C@@H]5C[C@@H]5C(=O)[C@@]4(C)CC[C@@H]32)C1. The number of alkyl halides is 1. The Hall–Kier alpha value is -0.640. The van der Waals surface area contributed by atoms with Crippen LogP contribution in [0.5, 0.6) is 0 Å². The number of hydrogen-bond acceptors (Lipinski definition) is 3. The third-order valence-electron chi connectivity index (χ3n) is 8.84. The first kappa shape index (κ1) is 17.5. The molecule has 3 nitrogen and oxygen atoms in total. The van der Waals surface area contributed by atoms with Gasteiger partial charge in [0, 0.05) is 29.5 Å². The van der Waals surface area contributed by atoms with Crippen LogP contribution in [0.1, 0.15) is 59.3 Å². The van der Waals surface area contributed by atoms with Crippen LogP contribution in [0.2, 0.25) is 0 Å². The zero-order chi connectivity index (χ0) is 18.4. The standard InChI is InChI=1S/C22H29BrO3/c1-11(24)26-13-4-6-21(2)12(8-13)9-17(23)18-16(21)5-7-22(3)19(18)14-10-15(14)20(22)25/h9,13-19H,4-8,10H2,1-3H3/t13-,14+,15-,16-,17+,18-,19-,21-,22-/m0/s1. The number of Topliss-reactive ketones (excluding diaryl/α,β-unsaturated/α-hetero) is 1. The highest BCUT2D eigenvalue weighted by Crippen LogP contribution is 2.72. The van der Waals surface area contributed by atoms with Crippen LogP contribution in [0.15, 0.2) is 11.6 Å². The van der Waals surface area contributed by atoms with E-state index in [1.54, 1.807) is 0 Å². The maximum Gasteiger partial charge on any atom is 0.302 e. The minimum atomic E-state index is -0.166. The van der Waals surface area contributed by atoms with Crippen molar-refractivity contribution in [2.75, 3.05) is 0 Å². The average molecular weight is 421 g/mol. The van der Waals surface area contributed by atoms with Crippen LogP contribution in [0.3, 0.4) is 0 Å². The molecular formula is C22H29BrO3. The van der Waals surface area contributed by atoms with E-state index in [4.69, 9.17) is 4.74 Å². The molecule has 0 unspecified atom stereocenters. The number of carbonyl (C=O) groups is 2. The van der Waals surface area contributed by atoms with E-state index in [9.17, 15) is 9.59 Å². The number of carbonyl (C=O) groups excluding carboxylic acids is 2. The second-order valence-electron chi connectivity index (χ2n) is 10.1. The van der Waals surface area contributed by atoms with E-state index < -0.39 is 0 Å². The van der Waals surface area contributed by atoms with Crippen molar-refractivity contribution in [3.05, 3.63) is 11.6 Å². The topological polar surface area (TPSA) is 43.4 Å². The van der Waals surface area contributed by atoms with E-state index in [1.807, 2.05) is 0 Å². The van der Waals surface area contributed by atoms with E-state index in [1.165, 1.54) is 12.5 Å². The fourth-order valence-electron chi connectivity index (χ4n) is 7.56. The minimum Gasteiger partial charge on any atom is -0.462 e. The van der Waals surface area contributed by atoms with E-state index in [0.29, 0.717) is 40.2 Å². The summed E-state index contributed by atoms with van der Waals surface area (Å²) in [7, 11) is 0. The summed E-state index contributed by atoms with van der Waals surface area (Å²) in [4.78, 5) is 24.7. The molecule has 0 heterocycles. The maximum absolute atomic E-state index is 12.9. The summed E-state index contributed by atoms with van der Waals surface area (Å²) in [6.45, 7) is 6.22. The quantitative estimate of drug-likeness (QED) is 0.351. The van der Waals surface area contributed by atoms with Crippen LogP contribution < -0.4 is 0 Å². The van der Waals surface area contributed by atoms with Crippen LogP contribution in [-0.4, -0.2) is 22.7 Å². The first-order valence-corrected chi connectivity index (χ1v) is 11.2. The number of esters is 1. The van der Waals surface area contributed by atoms with Gasteiger partial charge in [0.25, 0.3) is 0 Å². The summed E-state index contributed by atoms with van der Waals surface area (Å²) < 4.78 is 5.54. The molecule has 0 amide bonds. The average Bonchev–Trinajstić information content (AvgIpc) is 3.31. The molecule has 9 atom stereocenters. The summed E-state index contributed by atoms with van der Waals surface area (Å²) in [5.74, 6) is 3.22. The normalized spacial score (nSPS) is 54.4. The molecule has 0 bridgehead atoms. The lowest BCUT2D eigenvalue weighted by atomic mass is 9.47. The smallest absolute Gasteiger partial charge is 0.302 e. The summed E-state index contributed by atoms with van der Waals surface area (Å²) in [5.41, 5.74) is 1.62. The van der Waals surface area contributed by atoms with Gasteiger partial charge in [0.15, 0.2) is 0 Å². The van der Waals surface area contributed by atoms with Gasteiger partial charge in [0.05, 0.1) is 0 Å². The Morgan fingerprint density at radius 2 is 1.96 bits per heavy atom. The predicted molar refractivity (Wildman–Crippen MR) is 103 cm³/mol. The third-order valence-corrected chi connectivity index (χ3v) is 9.71. The Morgan fingerprint density at radius 3 is 2.69 bits per heavy atom. The van der Waals surface area contributed by atoms with Crippen LogP contribution >= 0.6 is 15.9 Å². The second-order valence-corrected chi connectivity index (χ2v) is 11.1. The van der Waals surface area contributed by atoms with Crippen molar-refractivity contribution in [2.45, 2.75) is 70.2 Å². The van der Waals surface area contributed by atoms with Crippen molar-refractivity contribution in [3.8, 4) is 0 Å². The van der Waals surface area contributed by atoms with Crippen LogP contribution in [0.4, 0.5) is 0 Å². The summed E-state index contributed by atoms with van der Waals surface area (Å²) in [6.07, 6.45) is 8.80. The molecule has 26 heavy (non-hydrogen) atoms. The molecule has 0 aromatic carbocycles. The Labute approximate surface area is 164 Å². The fourth-order valence-corrected chi connectivity index (χ4v) is 8.57. The lowest BCUT2D eigenvalue weighted by molar-refractivity contribution is -0.148. The molecule has 0 N–H and O–H groups in total. The lowest BCUT2D eigenvalue weighted by Gasteiger charge is -2.58. The summed E-state index contributed by atoms with van der Waals surface area (Å²) >= 11 is 4.02. The van der Waals surface area contributed by atoms with Gasteiger partial charge in [-0.25, -0.2) is 0 Å². The molecule has 5 rings (SSSR count). The first-order valence-electron chi connectivity index (χ1n) is 10.3. The summed E-state index contributed by atoms with van der Waals surface area (Å²) in [6, 6.07) is 0. The molecule has 5 aliphatic rings. The van der Waals surface area contributed by atoms with Gasteiger partial charge in [0.2, 0.25) is 0 Å². The van der Waals surface area contributed by atoms with Crippen molar-refractivity contribution in [1.82, 2.24) is 0 Å². The molecule has 5 aliphatic carbocycles. The zero-order valence-electron chi connectivity index (χ0n) is 16.0. The fraction of sp³-hybridized carbons (Fsp3) is 0.818. The number of ether oxygens (including phenoxy) is 1. The molecule has 0 spiro atoms. The van der Waals surface area contributed by atoms with E-state index in [2.05, 4.69) is 35.9 Å². The highest BCUT2D eigenvalue weighted by atomic mass is 79.9. The van der Waals surface area contributed by atoms with Gasteiger partial charge in [-0.15, -0.1) is 0 Å². The molecule has 4 saturated carbocycles. The number of fused-ring (bicyclic) bond motifs is 7. The van der Waals surface area contributed by atoms with Gasteiger partial charge >= 0.3 is 5.97 Å². The molecular weight excluding hydrogens is 392 g/mol. The van der Waals surface area contributed by atoms with Crippen LogP contribution in [-0.2, 0) is 14.3 Å². The second kappa shape index (κ2) is 5.46. The highest BCUT2D eigenvalue weighted by Gasteiger charge is 2.71. The van der Waals surface area contributed by atoms with Crippen molar-refractivity contribution in [3.63, 3.8) is 0 Å². The van der Waals surface area contributed by atoms with Gasteiger partial charge in [0.1, 0.15) is 11.9 Å². The van der Waals surface area contributed by atoms with E-state index in [-0.39, 0.29) is 22.9 Å². The van der Waals surface area contributed by atoms with Crippen molar-refractivity contribution in [2.24, 2.45) is 40.4 Å². The molecule has 0 aliphatic heterocycles. The van der Waals surface area contributed by atoms with E-state index >= 15 is 0 Å². The minimum absolute atomic E-state index is 0.0396. The Kier molecular flexibility index (Phi) is 3.66. The van der Waals surface area contributed by atoms with Crippen molar-refractivity contribution in [1.29, 1.82) is 0 Å². The first-order chi connectivity index (χ1) is 12.3. The monoisotopic (exact) mass is 420 g/mol. The van der Waals surface area contributed by atoms with Crippen LogP contribution in [0, 0.1) is 40.4 Å². The molecule has 0 aromatic heterocycles. The zero-order valence-corrected chi connectivity index (χ0v) is 17.6. The predicted octanol–water partition coefficient (Wildman–Crippen LogP) is 4.68. The number of ketones is 1. The molecule has 4 fully saturated rings. The Bertz CT molecular complexity index is 714. The molecule has 0 saturated heterocycles. The third kappa shape index (κ3) is 2.17. The van der Waals surface area contributed by atoms with Crippen molar-refractivity contribution < 1.29 is 14.3 Å². The lowest BCUT2D eigenvalue weighted by Crippen LogP contribution is -2.54. The van der Waals surface area contributed by atoms with Crippen molar-refractivity contribution >= 4 is 27.7 Å². The number of hydrogen-bond donors (Lipinski definition) is 0. The van der Waals surface area contributed by atoms with Gasteiger partial charge in [-0.2, -0.15) is 0 Å². The molecule has 4 heteroatoms. The Morgan fingerprint density at radius 1 is 1.23 bits per heavy atom. The maximum atomic E-state index is 12.9. The van der Waals surface area contributed by atoms with Gasteiger partial charge in [-0.3, -0.25) is 9.59 Å². The van der Waals surface area contributed by atoms with Crippen LogP contribution in [0.25, 0.3) is 0 Å². The van der Waals surface area contributed by atoms with E-state index in [0.717, 1.165) is 38.5 Å². The Balaban J connectivity index is 1.49. The number of rotatable bonds is 1. The summed E-state index contributed by atoms with van der Waals surface area (Å²) in [5, 5.41) is 0. The number of allylic oxidation sites excluding steroid dienone is 1. The van der Waals surface area contributed by atoms with Gasteiger partial charge < -0.3 is 4.74 Å².